The topological polar surface area (TPSA) is 77.2 Å². The van der Waals surface area contributed by atoms with E-state index >= 15 is 0 Å². The van der Waals surface area contributed by atoms with Gasteiger partial charge in [0.05, 0.1) is 34.9 Å². The first kappa shape index (κ1) is 16.6. The SMILES string of the molecule is O=c1ccccn1-c1ccc(-n2ccnc2)c(N2CCS(=O)(=O)CC2)c1. The van der Waals surface area contributed by atoms with Crippen LogP contribution in [0, 0.1) is 0 Å². The van der Waals surface area contributed by atoms with Crippen molar-refractivity contribution >= 4 is 15.5 Å². The lowest BCUT2D eigenvalue weighted by Crippen LogP contribution is -2.40. The molecule has 1 fully saturated rings. The van der Waals surface area contributed by atoms with Crippen LogP contribution in [0.15, 0.2) is 66.1 Å². The van der Waals surface area contributed by atoms with Crippen LogP contribution >= 0.6 is 0 Å². The minimum absolute atomic E-state index is 0.116. The van der Waals surface area contributed by atoms with Gasteiger partial charge in [-0.15, -0.1) is 0 Å². The minimum Gasteiger partial charge on any atom is -0.368 e. The van der Waals surface area contributed by atoms with Gasteiger partial charge in [0.1, 0.15) is 0 Å². The third kappa shape index (κ3) is 3.15. The summed E-state index contributed by atoms with van der Waals surface area (Å²) in [5.74, 6) is 0.262. The van der Waals surface area contributed by atoms with Gasteiger partial charge < -0.3 is 9.47 Å². The molecule has 1 aromatic carbocycles. The first-order chi connectivity index (χ1) is 12.5. The fourth-order valence-corrected chi connectivity index (χ4v) is 4.33. The van der Waals surface area contributed by atoms with Gasteiger partial charge in [-0.25, -0.2) is 13.4 Å². The predicted octanol–water partition coefficient (Wildman–Crippen LogP) is 1.26. The maximum Gasteiger partial charge on any atom is 0.255 e. The van der Waals surface area contributed by atoms with Crippen molar-refractivity contribution in [2.45, 2.75) is 0 Å². The summed E-state index contributed by atoms with van der Waals surface area (Å²) in [5, 5.41) is 0. The van der Waals surface area contributed by atoms with Crippen molar-refractivity contribution in [1.82, 2.24) is 14.1 Å². The van der Waals surface area contributed by atoms with Crippen LogP contribution in [0.1, 0.15) is 0 Å². The van der Waals surface area contributed by atoms with Gasteiger partial charge in [0.25, 0.3) is 5.56 Å². The molecular formula is C18H18N4O3S. The van der Waals surface area contributed by atoms with E-state index in [1.807, 2.05) is 33.9 Å². The Morgan fingerprint density at radius 1 is 0.962 bits per heavy atom. The number of anilines is 1. The maximum atomic E-state index is 12.2. The Hall–Kier alpha value is -2.87. The third-order valence-corrected chi connectivity index (χ3v) is 6.14. The van der Waals surface area contributed by atoms with Crippen molar-refractivity contribution in [2.24, 2.45) is 0 Å². The van der Waals surface area contributed by atoms with Crippen LogP contribution < -0.4 is 10.5 Å². The number of benzene rings is 1. The average Bonchev–Trinajstić information content (AvgIpc) is 3.16. The highest BCUT2D eigenvalue weighted by atomic mass is 32.2. The fraction of sp³-hybridized carbons (Fsp3) is 0.222. The Balaban J connectivity index is 1.82. The summed E-state index contributed by atoms with van der Waals surface area (Å²) < 4.78 is 27.0. The zero-order valence-electron chi connectivity index (χ0n) is 14.0. The summed E-state index contributed by atoms with van der Waals surface area (Å²) in [5.41, 5.74) is 2.40. The molecule has 1 saturated heterocycles. The van der Waals surface area contributed by atoms with Gasteiger partial charge in [-0.3, -0.25) is 9.36 Å². The Kier molecular flexibility index (Phi) is 4.12. The summed E-state index contributed by atoms with van der Waals surface area (Å²) in [7, 11) is -2.98. The second kappa shape index (κ2) is 6.45. The molecule has 0 saturated carbocycles. The molecule has 0 spiro atoms. The molecule has 3 aromatic rings. The van der Waals surface area contributed by atoms with Crippen molar-refractivity contribution in [2.75, 3.05) is 29.5 Å². The van der Waals surface area contributed by atoms with Crippen LogP contribution in [0.2, 0.25) is 0 Å². The molecule has 0 aliphatic carbocycles. The van der Waals surface area contributed by atoms with E-state index in [1.54, 1.807) is 35.4 Å². The second-order valence-electron chi connectivity index (χ2n) is 6.19. The summed E-state index contributed by atoms with van der Waals surface area (Å²) in [4.78, 5) is 18.3. The molecule has 0 N–H and O–H groups in total. The molecule has 7 nitrogen and oxygen atoms in total. The molecule has 134 valence electrons. The van der Waals surface area contributed by atoms with Crippen LogP contribution in [-0.4, -0.2) is 47.1 Å². The van der Waals surface area contributed by atoms with E-state index < -0.39 is 9.84 Å². The van der Waals surface area contributed by atoms with E-state index in [2.05, 4.69) is 4.98 Å². The molecule has 1 aliphatic rings. The number of aromatic nitrogens is 3. The summed E-state index contributed by atoms with van der Waals surface area (Å²) >= 11 is 0. The van der Waals surface area contributed by atoms with Crippen molar-refractivity contribution in [3.05, 3.63) is 71.7 Å². The van der Waals surface area contributed by atoms with Crippen molar-refractivity contribution in [1.29, 1.82) is 0 Å². The third-order valence-electron chi connectivity index (χ3n) is 4.53. The lowest BCUT2D eigenvalue weighted by Gasteiger charge is -2.31. The second-order valence-corrected chi connectivity index (χ2v) is 8.49. The van der Waals surface area contributed by atoms with Crippen LogP contribution in [-0.2, 0) is 9.84 Å². The summed E-state index contributed by atoms with van der Waals surface area (Å²) in [6.07, 6.45) is 6.96. The van der Waals surface area contributed by atoms with Gasteiger partial charge in [-0.2, -0.15) is 0 Å². The fourth-order valence-electron chi connectivity index (χ4n) is 3.13. The Bertz CT molecular complexity index is 1070. The lowest BCUT2D eigenvalue weighted by atomic mass is 10.2. The molecule has 2 aromatic heterocycles. The summed E-state index contributed by atoms with van der Waals surface area (Å²) in [6.45, 7) is 0.856. The Labute approximate surface area is 151 Å². The molecule has 3 heterocycles. The monoisotopic (exact) mass is 370 g/mol. The molecule has 0 atom stereocenters. The predicted molar refractivity (Wildman–Crippen MR) is 100 cm³/mol. The van der Waals surface area contributed by atoms with Crippen LogP contribution in [0.4, 0.5) is 5.69 Å². The smallest absolute Gasteiger partial charge is 0.255 e. The van der Waals surface area contributed by atoms with E-state index in [1.165, 1.54) is 6.07 Å². The molecule has 0 bridgehead atoms. The molecule has 4 rings (SSSR count). The first-order valence-electron chi connectivity index (χ1n) is 8.29. The number of sulfone groups is 1. The van der Waals surface area contributed by atoms with Crippen LogP contribution in [0.3, 0.4) is 0 Å². The number of imidazole rings is 1. The number of hydrogen-bond acceptors (Lipinski definition) is 5. The van der Waals surface area contributed by atoms with E-state index in [0.29, 0.717) is 13.1 Å². The number of rotatable bonds is 3. The maximum absolute atomic E-state index is 12.2. The van der Waals surface area contributed by atoms with Gasteiger partial charge in [0.2, 0.25) is 0 Å². The van der Waals surface area contributed by atoms with Gasteiger partial charge in [0.15, 0.2) is 9.84 Å². The van der Waals surface area contributed by atoms with Gasteiger partial charge in [-0.05, 0) is 24.3 Å². The lowest BCUT2D eigenvalue weighted by molar-refractivity contribution is 0.586. The Morgan fingerprint density at radius 2 is 1.77 bits per heavy atom. The van der Waals surface area contributed by atoms with Crippen molar-refractivity contribution in [3.8, 4) is 11.4 Å². The molecule has 0 radical (unpaired) electrons. The van der Waals surface area contributed by atoms with E-state index in [4.69, 9.17) is 0 Å². The zero-order chi connectivity index (χ0) is 18.1. The highest BCUT2D eigenvalue weighted by Crippen LogP contribution is 2.28. The molecule has 1 aliphatic heterocycles. The highest BCUT2D eigenvalue weighted by molar-refractivity contribution is 7.91. The first-order valence-corrected chi connectivity index (χ1v) is 10.1. The molecule has 26 heavy (non-hydrogen) atoms. The highest BCUT2D eigenvalue weighted by Gasteiger charge is 2.24. The Morgan fingerprint density at radius 3 is 2.46 bits per heavy atom. The largest absolute Gasteiger partial charge is 0.368 e. The van der Waals surface area contributed by atoms with Crippen LogP contribution in [0.25, 0.3) is 11.4 Å². The van der Waals surface area contributed by atoms with Gasteiger partial charge in [-0.1, -0.05) is 6.07 Å². The minimum atomic E-state index is -2.98. The quantitative estimate of drug-likeness (QED) is 0.694. The van der Waals surface area contributed by atoms with Crippen LogP contribution in [0.5, 0.6) is 0 Å². The average molecular weight is 370 g/mol. The van der Waals surface area contributed by atoms with Gasteiger partial charge >= 0.3 is 0 Å². The van der Waals surface area contributed by atoms with Crippen molar-refractivity contribution in [3.63, 3.8) is 0 Å². The standard InChI is InChI=1S/C18H18N4O3S/c23-18-3-1-2-7-22(18)15-4-5-16(21-8-6-19-14-21)17(13-15)20-9-11-26(24,25)12-10-20/h1-8,13-14H,9-12H2. The molecule has 0 amide bonds. The number of pyridine rings is 1. The van der Waals surface area contributed by atoms with E-state index in [-0.39, 0.29) is 17.1 Å². The molecule has 0 unspecified atom stereocenters. The molecule has 8 heteroatoms. The van der Waals surface area contributed by atoms with Gasteiger partial charge in [0, 0.05) is 37.7 Å². The molecular weight excluding hydrogens is 352 g/mol. The van der Waals surface area contributed by atoms with E-state index in [9.17, 15) is 13.2 Å². The number of nitrogens with zero attached hydrogens (tertiary/aromatic N) is 4. The number of hydrogen-bond donors (Lipinski definition) is 0. The normalized spacial score (nSPS) is 16.5. The van der Waals surface area contributed by atoms with E-state index in [0.717, 1.165) is 17.1 Å². The zero-order valence-corrected chi connectivity index (χ0v) is 14.8. The van der Waals surface area contributed by atoms with Crippen molar-refractivity contribution < 1.29 is 8.42 Å². The summed E-state index contributed by atoms with van der Waals surface area (Å²) in [6, 6.07) is 10.7.